The molecule has 7 heteroatoms. The van der Waals surface area contributed by atoms with Crippen LogP contribution in [0.15, 0.2) is 21.9 Å². The van der Waals surface area contributed by atoms with Crippen molar-refractivity contribution in [3.05, 3.63) is 23.3 Å². The number of hydrogen-bond donors (Lipinski definition) is 0. The Labute approximate surface area is 121 Å². The lowest BCUT2D eigenvalue weighted by Crippen LogP contribution is -2.13. The predicted molar refractivity (Wildman–Crippen MR) is 76.0 cm³/mol. The minimum Gasteiger partial charge on any atom is -0.611 e. The molecule has 0 amide bonds. The van der Waals surface area contributed by atoms with Crippen molar-refractivity contribution in [1.82, 2.24) is 0 Å². The Morgan fingerprint density at radius 2 is 2.00 bits per heavy atom. The Hall–Kier alpha value is -0.560. The van der Waals surface area contributed by atoms with Crippen LogP contribution in [-0.2, 0) is 21.0 Å². The summed E-state index contributed by atoms with van der Waals surface area (Å²) in [5.41, 5.74) is 0.645. The molecular weight excluding hydrogens is 308 g/mol. The number of carbonyl (C=O) groups is 1. The molecule has 0 spiro atoms. The van der Waals surface area contributed by atoms with Gasteiger partial charge in [-0.2, -0.15) is 0 Å². The maximum Gasteiger partial charge on any atom is 0.252 e. The third kappa shape index (κ3) is 3.95. The molecule has 0 N–H and O–H groups in total. The van der Waals surface area contributed by atoms with E-state index in [0.29, 0.717) is 17.7 Å². The standard InChI is InChI=1S/C12H15ClO4S2/c1-4-5-18(15)10-6-8(2)9(12(13)14)7-11(10)19(3,16)17/h6-7H,4-5H2,1-3H3. The maximum absolute atomic E-state index is 12.1. The lowest BCUT2D eigenvalue weighted by atomic mass is 10.1. The highest BCUT2D eigenvalue weighted by Crippen LogP contribution is 2.27. The summed E-state index contributed by atoms with van der Waals surface area (Å²) in [5.74, 6) is 0.371. The first kappa shape index (κ1) is 16.5. The summed E-state index contributed by atoms with van der Waals surface area (Å²) in [6.45, 7) is 3.50. The molecule has 0 fully saturated rings. The number of rotatable bonds is 5. The number of aryl methyl sites for hydroxylation is 1. The molecule has 4 nitrogen and oxygen atoms in total. The molecule has 0 saturated carbocycles. The van der Waals surface area contributed by atoms with Gasteiger partial charge in [-0.05, 0) is 53.8 Å². The van der Waals surface area contributed by atoms with Crippen LogP contribution in [0.5, 0.6) is 0 Å². The van der Waals surface area contributed by atoms with Gasteiger partial charge in [0.1, 0.15) is 10.6 Å². The number of sulfone groups is 1. The summed E-state index contributed by atoms with van der Waals surface area (Å²) in [4.78, 5) is 11.4. The molecule has 0 aliphatic rings. The molecule has 106 valence electrons. The van der Waals surface area contributed by atoms with Gasteiger partial charge < -0.3 is 4.55 Å². The lowest BCUT2D eigenvalue weighted by Gasteiger charge is -2.14. The topological polar surface area (TPSA) is 74.3 Å². The normalized spacial score (nSPS) is 13.3. The molecule has 1 atom stereocenters. The van der Waals surface area contributed by atoms with Crippen LogP contribution in [0.3, 0.4) is 0 Å². The Morgan fingerprint density at radius 3 is 2.42 bits per heavy atom. The first-order chi connectivity index (χ1) is 8.68. The monoisotopic (exact) mass is 322 g/mol. The van der Waals surface area contributed by atoms with Crippen molar-refractivity contribution < 1.29 is 17.8 Å². The molecule has 19 heavy (non-hydrogen) atoms. The molecule has 0 radical (unpaired) electrons. The third-order valence-electron chi connectivity index (χ3n) is 2.54. The summed E-state index contributed by atoms with van der Waals surface area (Å²) in [5, 5.41) is -0.727. The van der Waals surface area contributed by atoms with E-state index in [-0.39, 0.29) is 15.4 Å². The van der Waals surface area contributed by atoms with Crippen LogP contribution in [0.1, 0.15) is 29.3 Å². The van der Waals surface area contributed by atoms with Crippen LogP contribution in [0.4, 0.5) is 0 Å². The van der Waals surface area contributed by atoms with E-state index in [1.807, 2.05) is 6.92 Å². The van der Waals surface area contributed by atoms with Gasteiger partial charge in [0.25, 0.3) is 5.24 Å². The lowest BCUT2D eigenvalue weighted by molar-refractivity contribution is 0.108. The molecule has 1 aromatic carbocycles. The number of hydrogen-bond acceptors (Lipinski definition) is 4. The number of carbonyl (C=O) groups excluding carboxylic acids is 1. The molecule has 0 bridgehead atoms. The van der Waals surface area contributed by atoms with E-state index in [9.17, 15) is 17.8 Å². The fraction of sp³-hybridized carbons (Fsp3) is 0.417. The van der Waals surface area contributed by atoms with E-state index in [2.05, 4.69) is 0 Å². The smallest absolute Gasteiger partial charge is 0.252 e. The summed E-state index contributed by atoms with van der Waals surface area (Å²) in [7, 11) is -3.57. The Balaban J connectivity index is 3.54. The van der Waals surface area contributed by atoms with Crippen LogP contribution in [-0.4, -0.2) is 30.2 Å². The zero-order valence-corrected chi connectivity index (χ0v) is 13.3. The minimum atomic E-state index is -3.57. The fourth-order valence-corrected chi connectivity index (χ4v) is 4.51. The fourth-order valence-electron chi connectivity index (χ4n) is 1.64. The molecule has 1 aromatic rings. The van der Waals surface area contributed by atoms with Gasteiger partial charge in [0.2, 0.25) is 0 Å². The molecule has 0 heterocycles. The van der Waals surface area contributed by atoms with E-state index < -0.39 is 26.3 Å². The average molecular weight is 323 g/mol. The van der Waals surface area contributed by atoms with Crippen molar-refractivity contribution in [2.24, 2.45) is 0 Å². The van der Waals surface area contributed by atoms with Gasteiger partial charge >= 0.3 is 0 Å². The summed E-state index contributed by atoms with van der Waals surface area (Å²) < 4.78 is 35.6. The highest BCUT2D eigenvalue weighted by molar-refractivity contribution is 7.94. The van der Waals surface area contributed by atoms with Crippen LogP contribution < -0.4 is 0 Å². The second-order valence-corrected chi connectivity index (χ2v) is 8.08. The van der Waals surface area contributed by atoms with E-state index in [4.69, 9.17) is 11.6 Å². The second kappa shape index (κ2) is 6.26. The molecule has 0 aliphatic heterocycles. The zero-order chi connectivity index (χ0) is 14.8. The zero-order valence-electron chi connectivity index (χ0n) is 10.9. The Bertz CT molecular complexity index is 596. The van der Waals surface area contributed by atoms with Crippen molar-refractivity contribution in [1.29, 1.82) is 0 Å². The third-order valence-corrected chi connectivity index (χ3v) is 5.61. The van der Waals surface area contributed by atoms with Gasteiger partial charge in [-0.1, -0.05) is 6.92 Å². The summed E-state index contributed by atoms with van der Waals surface area (Å²) >= 11 is 4.01. The van der Waals surface area contributed by atoms with Crippen molar-refractivity contribution in [2.45, 2.75) is 30.1 Å². The largest absolute Gasteiger partial charge is 0.611 e. The van der Waals surface area contributed by atoms with E-state index >= 15 is 0 Å². The summed E-state index contributed by atoms with van der Waals surface area (Å²) in [6.07, 6.45) is 1.69. The molecule has 0 aliphatic carbocycles. The molecule has 1 rings (SSSR count). The van der Waals surface area contributed by atoms with Crippen molar-refractivity contribution in [3.63, 3.8) is 0 Å². The highest BCUT2D eigenvalue weighted by atomic mass is 35.5. The highest BCUT2D eigenvalue weighted by Gasteiger charge is 2.25. The Morgan fingerprint density at radius 1 is 1.42 bits per heavy atom. The first-order valence-electron chi connectivity index (χ1n) is 5.61. The quantitative estimate of drug-likeness (QED) is 0.616. The molecule has 0 saturated heterocycles. The number of halogens is 1. The van der Waals surface area contributed by atoms with Crippen molar-refractivity contribution in [3.8, 4) is 0 Å². The van der Waals surface area contributed by atoms with E-state index in [1.165, 1.54) is 12.1 Å². The molecular formula is C12H15ClO4S2. The molecule has 0 aromatic heterocycles. The van der Waals surface area contributed by atoms with Crippen molar-refractivity contribution in [2.75, 3.05) is 12.0 Å². The predicted octanol–water partition coefficient (Wildman–Crippen LogP) is 2.30. The van der Waals surface area contributed by atoms with Crippen LogP contribution in [0.2, 0.25) is 0 Å². The average Bonchev–Trinajstić information content (AvgIpc) is 2.26. The van der Waals surface area contributed by atoms with Crippen LogP contribution in [0.25, 0.3) is 0 Å². The van der Waals surface area contributed by atoms with E-state index in [0.717, 1.165) is 6.26 Å². The van der Waals surface area contributed by atoms with Gasteiger partial charge in [0.05, 0.1) is 0 Å². The van der Waals surface area contributed by atoms with Crippen LogP contribution >= 0.6 is 11.6 Å². The maximum atomic E-state index is 12.1. The van der Waals surface area contributed by atoms with Gasteiger partial charge in [0, 0.05) is 11.8 Å². The van der Waals surface area contributed by atoms with Gasteiger partial charge in [-0.25, -0.2) is 8.42 Å². The number of benzene rings is 1. The SMILES string of the molecule is CCC[S+]([O-])c1cc(C)c(C(=O)Cl)cc1S(C)(=O)=O. The minimum absolute atomic E-state index is 0.0890. The Kier molecular flexibility index (Phi) is 5.43. The van der Waals surface area contributed by atoms with Gasteiger partial charge in [0.15, 0.2) is 14.7 Å². The second-order valence-electron chi connectivity index (χ2n) is 4.21. The van der Waals surface area contributed by atoms with Crippen molar-refractivity contribution >= 4 is 37.9 Å². The first-order valence-corrected chi connectivity index (χ1v) is 9.20. The van der Waals surface area contributed by atoms with Gasteiger partial charge in [-0.15, -0.1) is 0 Å². The van der Waals surface area contributed by atoms with E-state index in [1.54, 1.807) is 6.92 Å². The van der Waals surface area contributed by atoms with Crippen LogP contribution in [0, 0.1) is 6.92 Å². The molecule has 1 unspecified atom stereocenters. The summed E-state index contributed by atoms with van der Waals surface area (Å²) in [6, 6.07) is 2.68. The van der Waals surface area contributed by atoms with Gasteiger partial charge in [-0.3, -0.25) is 4.79 Å².